The van der Waals surface area contributed by atoms with Crippen LogP contribution in [0.4, 0.5) is 0 Å². The summed E-state index contributed by atoms with van der Waals surface area (Å²) in [5.74, 6) is 1.12. The Morgan fingerprint density at radius 1 is 1.48 bits per heavy atom. The first-order valence-electron chi connectivity index (χ1n) is 6.65. The van der Waals surface area contributed by atoms with Gasteiger partial charge < -0.3 is 14.6 Å². The number of nitrogens with one attached hydrogen (secondary N) is 1. The number of thioether (sulfide) groups is 1. The molecule has 0 saturated carbocycles. The Labute approximate surface area is 127 Å². The average molecular weight is 306 g/mol. The number of aryl methyl sites for hydroxylation is 1. The first-order chi connectivity index (χ1) is 10.3. The minimum Gasteiger partial charge on any atom is -0.492 e. The molecular formula is C14H18N4O2S. The number of imidazole rings is 1. The van der Waals surface area contributed by atoms with Gasteiger partial charge in [0.05, 0.1) is 18.6 Å². The lowest BCUT2D eigenvalue weighted by atomic mass is 10.4. The molecule has 0 radical (unpaired) electrons. The number of carbonyl (C=O) groups excluding carboxylic acids is 1. The van der Waals surface area contributed by atoms with E-state index < -0.39 is 0 Å². The third-order valence-corrected chi connectivity index (χ3v) is 3.71. The quantitative estimate of drug-likeness (QED) is 0.591. The minimum absolute atomic E-state index is 0.00405. The predicted octanol–water partition coefficient (Wildman–Crippen LogP) is 1.49. The Balaban J connectivity index is 1.54. The van der Waals surface area contributed by atoms with Crippen molar-refractivity contribution in [2.75, 3.05) is 18.9 Å². The van der Waals surface area contributed by atoms with E-state index in [0.29, 0.717) is 18.9 Å². The van der Waals surface area contributed by atoms with Crippen molar-refractivity contribution < 1.29 is 9.53 Å². The summed E-state index contributed by atoms with van der Waals surface area (Å²) in [5, 5.41) is 3.70. The van der Waals surface area contributed by atoms with Crippen LogP contribution < -0.4 is 10.1 Å². The van der Waals surface area contributed by atoms with Crippen molar-refractivity contribution in [2.45, 2.75) is 11.6 Å². The van der Waals surface area contributed by atoms with E-state index in [1.165, 1.54) is 11.8 Å². The average Bonchev–Trinajstić information content (AvgIpc) is 2.91. The zero-order valence-electron chi connectivity index (χ0n) is 11.9. The van der Waals surface area contributed by atoms with E-state index in [9.17, 15) is 4.79 Å². The number of amides is 1. The summed E-state index contributed by atoms with van der Waals surface area (Å²) in [7, 11) is 1.91. The fourth-order valence-corrected chi connectivity index (χ4v) is 2.36. The number of rotatable bonds is 8. The molecule has 2 heterocycles. The van der Waals surface area contributed by atoms with E-state index in [4.69, 9.17) is 4.74 Å². The molecule has 21 heavy (non-hydrogen) atoms. The highest BCUT2D eigenvalue weighted by atomic mass is 32.2. The Morgan fingerprint density at radius 2 is 2.38 bits per heavy atom. The van der Waals surface area contributed by atoms with E-state index in [-0.39, 0.29) is 5.91 Å². The molecule has 112 valence electrons. The second-order valence-electron chi connectivity index (χ2n) is 4.35. The highest BCUT2D eigenvalue weighted by Gasteiger charge is 2.05. The molecule has 0 aliphatic rings. The molecular weight excluding hydrogens is 288 g/mol. The third kappa shape index (κ3) is 5.47. The van der Waals surface area contributed by atoms with Gasteiger partial charge in [-0.3, -0.25) is 9.78 Å². The van der Waals surface area contributed by atoms with Crippen LogP contribution in [0.25, 0.3) is 0 Å². The van der Waals surface area contributed by atoms with Crippen LogP contribution >= 0.6 is 11.8 Å². The van der Waals surface area contributed by atoms with Crippen molar-refractivity contribution in [3.05, 3.63) is 36.9 Å². The van der Waals surface area contributed by atoms with E-state index in [1.54, 1.807) is 18.6 Å². The van der Waals surface area contributed by atoms with Crippen LogP contribution in [0.15, 0.2) is 42.1 Å². The molecule has 7 heteroatoms. The second-order valence-corrected chi connectivity index (χ2v) is 5.29. The minimum atomic E-state index is 0.00405. The summed E-state index contributed by atoms with van der Waals surface area (Å²) >= 11 is 1.42. The van der Waals surface area contributed by atoms with Gasteiger partial charge in [0.1, 0.15) is 5.75 Å². The molecule has 2 rings (SSSR count). The van der Waals surface area contributed by atoms with Crippen LogP contribution in [0.3, 0.4) is 0 Å². The number of hydrogen-bond acceptors (Lipinski definition) is 5. The topological polar surface area (TPSA) is 69.0 Å². The lowest BCUT2D eigenvalue weighted by Crippen LogP contribution is -2.27. The smallest absolute Gasteiger partial charge is 0.230 e. The van der Waals surface area contributed by atoms with E-state index in [1.807, 2.05) is 29.9 Å². The SMILES string of the molecule is Cn1ccnc1SCC(=O)NCCCOc1cccnc1. The maximum absolute atomic E-state index is 11.7. The van der Waals surface area contributed by atoms with Gasteiger partial charge in [0.2, 0.25) is 5.91 Å². The molecule has 2 aromatic rings. The highest BCUT2D eigenvalue weighted by Crippen LogP contribution is 2.13. The van der Waals surface area contributed by atoms with Gasteiger partial charge in [-0.25, -0.2) is 4.98 Å². The van der Waals surface area contributed by atoms with E-state index in [0.717, 1.165) is 17.3 Å². The Morgan fingerprint density at radius 3 is 3.10 bits per heavy atom. The van der Waals surface area contributed by atoms with Crippen LogP contribution in [-0.2, 0) is 11.8 Å². The molecule has 0 aliphatic heterocycles. The van der Waals surface area contributed by atoms with E-state index >= 15 is 0 Å². The number of nitrogens with zero attached hydrogens (tertiary/aromatic N) is 3. The normalized spacial score (nSPS) is 10.3. The Bertz CT molecular complexity index is 559. The van der Waals surface area contributed by atoms with Crippen LogP contribution in [-0.4, -0.2) is 39.3 Å². The van der Waals surface area contributed by atoms with Crippen LogP contribution in [0.1, 0.15) is 6.42 Å². The summed E-state index contributed by atoms with van der Waals surface area (Å²) in [6, 6.07) is 3.68. The zero-order chi connectivity index (χ0) is 14.9. The third-order valence-electron chi connectivity index (χ3n) is 2.66. The largest absolute Gasteiger partial charge is 0.492 e. The second kappa shape index (κ2) is 8.31. The first kappa shape index (κ1) is 15.4. The van der Waals surface area contributed by atoms with Crippen molar-refractivity contribution >= 4 is 17.7 Å². The van der Waals surface area contributed by atoms with Crippen LogP contribution in [0.5, 0.6) is 5.75 Å². The molecule has 0 atom stereocenters. The van der Waals surface area contributed by atoms with Gasteiger partial charge in [0.25, 0.3) is 0 Å². The van der Waals surface area contributed by atoms with Gasteiger partial charge in [0.15, 0.2) is 5.16 Å². The Hall–Kier alpha value is -2.02. The maximum atomic E-state index is 11.7. The molecule has 6 nitrogen and oxygen atoms in total. The fraction of sp³-hybridized carbons (Fsp3) is 0.357. The van der Waals surface area contributed by atoms with Crippen LogP contribution in [0, 0.1) is 0 Å². The molecule has 0 fully saturated rings. The van der Waals surface area contributed by atoms with E-state index in [2.05, 4.69) is 15.3 Å². The van der Waals surface area contributed by atoms with Crippen molar-refractivity contribution in [2.24, 2.45) is 7.05 Å². The molecule has 2 aromatic heterocycles. The number of hydrogen-bond donors (Lipinski definition) is 1. The van der Waals surface area contributed by atoms with Gasteiger partial charge in [-0.1, -0.05) is 11.8 Å². The van der Waals surface area contributed by atoms with Crippen molar-refractivity contribution in [1.82, 2.24) is 19.9 Å². The summed E-state index contributed by atoms with van der Waals surface area (Å²) in [6.07, 6.45) is 7.70. The molecule has 1 N–H and O–H groups in total. The van der Waals surface area contributed by atoms with Gasteiger partial charge in [-0.15, -0.1) is 0 Å². The number of pyridine rings is 1. The first-order valence-corrected chi connectivity index (χ1v) is 7.64. The molecule has 0 saturated heterocycles. The summed E-state index contributed by atoms with van der Waals surface area (Å²) < 4.78 is 7.38. The molecule has 0 spiro atoms. The van der Waals surface area contributed by atoms with Gasteiger partial charge >= 0.3 is 0 Å². The fourth-order valence-electron chi connectivity index (χ4n) is 1.59. The molecule has 0 bridgehead atoms. The van der Waals surface area contributed by atoms with Crippen molar-refractivity contribution in [3.8, 4) is 5.75 Å². The van der Waals surface area contributed by atoms with Gasteiger partial charge in [-0.2, -0.15) is 0 Å². The predicted molar refractivity (Wildman–Crippen MR) is 81.3 cm³/mol. The monoisotopic (exact) mass is 306 g/mol. The summed E-state index contributed by atoms with van der Waals surface area (Å²) in [6.45, 7) is 1.15. The molecule has 1 amide bonds. The summed E-state index contributed by atoms with van der Waals surface area (Å²) in [5.41, 5.74) is 0. The van der Waals surface area contributed by atoms with Crippen molar-refractivity contribution in [1.29, 1.82) is 0 Å². The number of aromatic nitrogens is 3. The van der Waals surface area contributed by atoms with Gasteiger partial charge in [0, 0.05) is 32.2 Å². The van der Waals surface area contributed by atoms with Crippen LogP contribution in [0.2, 0.25) is 0 Å². The molecule has 0 aliphatic carbocycles. The maximum Gasteiger partial charge on any atom is 0.230 e. The lowest BCUT2D eigenvalue weighted by molar-refractivity contribution is -0.118. The number of carbonyl (C=O) groups is 1. The highest BCUT2D eigenvalue weighted by molar-refractivity contribution is 7.99. The standard InChI is InChI=1S/C14H18N4O2S/c1-18-8-7-17-14(18)21-11-13(19)16-6-3-9-20-12-4-2-5-15-10-12/h2,4-5,7-8,10H,3,6,9,11H2,1H3,(H,16,19). The molecule has 0 aromatic carbocycles. The van der Waals surface area contributed by atoms with Gasteiger partial charge in [-0.05, 0) is 18.6 Å². The zero-order valence-corrected chi connectivity index (χ0v) is 12.7. The lowest BCUT2D eigenvalue weighted by Gasteiger charge is -2.07. The Kier molecular flexibility index (Phi) is 6.08. The van der Waals surface area contributed by atoms with Crippen molar-refractivity contribution in [3.63, 3.8) is 0 Å². The molecule has 0 unspecified atom stereocenters. The summed E-state index contributed by atoms with van der Waals surface area (Å²) in [4.78, 5) is 19.8. The number of ether oxygens (including phenoxy) is 1.